The minimum Gasteiger partial charge on any atom is -0.316 e. The molecule has 0 bridgehead atoms. The lowest BCUT2D eigenvalue weighted by Gasteiger charge is -2.12. The molecule has 3 rings (SSSR count). The number of hydrogen-bond donors (Lipinski definition) is 2. The topological polar surface area (TPSA) is 59.0 Å². The van der Waals surface area contributed by atoms with Crippen molar-refractivity contribution in [2.45, 2.75) is 13.0 Å². The molecule has 1 aromatic carbocycles. The molecule has 0 aliphatic carbocycles. The van der Waals surface area contributed by atoms with Gasteiger partial charge in [-0.15, -0.1) is 0 Å². The zero-order valence-electron chi connectivity index (χ0n) is 11.6. The molecule has 110 valence electrons. The van der Waals surface area contributed by atoms with Crippen LogP contribution in [0.2, 0.25) is 0 Å². The lowest BCUT2D eigenvalue weighted by molar-refractivity contribution is -0.119. The average molecular weight is 349 g/mol. The first-order valence-corrected chi connectivity index (χ1v) is 7.79. The molecule has 0 unspecified atom stereocenters. The molecule has 21 heavy (non-hydrogen) atoms. The summed E-state index contributed by atoms with van der Waals surface area (Å²) in [4.78, 5) is 16.4. The van der Waals surface area contributed by atoms with Crippen molar-refractivity contribution in [3.63, 3.8) is 0 Å². The first kappa shape index (κ1) is 14.3. The second-order valence-corrected chi connectivity index (χ2v) is 6.10. The highest BCUT2D eigenvalue weighted by atomic mass is 79.9. The van der Waals surface area contributed by atoms with Crippen LogP contribution in [0.25, 0.3) is 0 Å². The zero-order chi connectivity index (χ0) is 14.7. The second kappa shape index (κ2) is 6.41. The molecule has 0 radical (unpaired) electrons. The van der Waals surface area contributed by atoms with Gasteiger partial charge >= 0.3 is 0 Å². The number of benzene rings is 1. The highest BCUT2D eigenvalue weighted by molar-refractivity contribution is 9.10. The fraction of sp³-hybridized carbons (Fsp3) is 0.333. The van der Waals surface area contributed by atoms with Crippen molar-refractivity contribution in [2.24, 2.45) is 5.92 Å². The van der Waals surface area contributed by atoms with Crippen molar-refractivity contribution in [3.05, 3.63) is 46.7 Å². The number of hydrogen-bond acceptors (Lipinski definition) is 3. The van der Waals surface area contributed by atoms with E-state index in [0.29, 0.717) is 12.5 Å². The van der Waals surface area contributed by atoms with Gasteiger partial charge in [0.1, 0.15) is 0 Å². The molecule has 6 heteroatoms. The van der Waals surface area contributed by atoms with Gasteiger partial charge in [-0.05, 0) is 30.7 Å². The maximum Gasteiger partial charge on any atom is 0.231 e. The number of halogens is 1. The molecular formula is C15H17BrN4O. The van der Waals surface area contributed by atoms with Gasteiger partial charge in [-0.25, -0.2) is 4.98 Å². The van der Waals surface area contributed by atoms with Crippen molar-refractivity contribution < 1.29 is 4.79 Å². The third-order valence-corrected chi connectivity index (χ3v) is 4.18. The number of nitrogens with zero attached hydrogens (tertiary/aromatic N) is 2. The number of amides is 1. The molecule has 2 heterocycles. The fourth-order valence-electron chi connectivity index (χ4n) is 2.44. The smallest absolute Gasteiger partial charge is 0.231 e. The van der Waals surface area contributed by atoms with Crippen molar-refractivity contribution in [1.82, 2.24) is 14.9 Å². The molecule has 5 nitrogen and oxygen atoms in total. The Balaban J connectivity index is 1.68. The third kappa shape index (κ3) is 3.51. The number of anilines is 1. The predicted molar refractivity (Wildman–Crippen MR) is 85.1 cm³/mol. The van der Waals surface area contributed by atoms with E-state index in [1.54, 1.807) is 6.20 Å². The third-order valence-electron chi connectivity index (χ3n) is 3.65. The molecule has 1 aliphatic heterocycles. The molecule has 0 saturated carbocycles. The van der Waals surface area contributed by atoms with Crippen LogP contribution < -0.4 is 10.6 Å². The molecule has 1 aliphatic rings. The highest BCUT2D eigenvalue weighted by Gasteiger charge is 2.23. The van der Waals surface area contributed by atoms with E-state index >= 15 is 0 Å². The lowest BCUT2D eigenvalue weighted by atomic mass is 10.1. The van der Waals surface area contributed by atoms with Crippen LogP contribution in [-0.4, -0.2) is 28.5 Å². The Labute approximate surface area is 131 Å². The fourth-order valence-corrected chi connectivity index (χ4v) is 2.70. The summed E-state index contributed by atoms with van der Waals surface area (Å²) in [7, 11) is 0. The van der Waals surface area contributed by atoms with Crippen LogP contribution >= 0.6 is 15.9 Å². The first-order valence-electron chi connectivity index (χ1n) is 6.99. The Kier molecular flexibility index (Phi) is 4.36. The largest absolute Gasteiger partial charge is 0.316 e. The number of imidazole rings is 1. The Bertz CT molecular complexity index is 617. The van der Waals surface area contributed by atoms with Crippen molar-refractivity contribution in [1.29, 1.82) is 0 Å². The standard InChI is InChI=1S/C15H17BrN4O/c16-13-3-1-11(2-4-13)10-20-8-7-18-15(20)19-14(21)12-5-6-17-9-12/h1-4,7-8,12,17H,5-6,9-10H2,(H,18,19,21)/t12-/m0/s1. The first-order chi connectivity index (χ1) is 10.2. The molecule has 1 atom stereocenters. The Hall–Kier alpha value is -1.66. The van der Waals surface area contributed by atoms with Crippen LogP contribution in [-0.2, 0) is 11.3 Å². The zero-order valence-corrected chi connectivity index (χ0v) is 13.1. The average Bonchev–Trinajstić information content (AvgIpc) is 3.14. The Morgan fingerprint density at radius 1 is 1.43 bits per heavy atom. The molecular weight excluding hydrogens is 332 g/mol. The monoisotopic (exact) mass is 348 g/mol. The van der Waals surface area contributed by atoms with Gasteiger partial charge in [0.2, 0.25) is 11.9 Å². The van der Waals surface area contributed by atoms with Gasteiger partial charge in [0, 0.05) is 23.4 Å². The van der Waals surface area contributed by atoms with Gasteiger partial charge in [-0.2, -0.15) is 0 Å². The van der Waals surface area contributed by atoms with Gasteiger partial charge in [-0.1, -0.05) is 28.1 Å². The summed E-state index contributed by atoms with van der Waals surface area (Å²) < 4.78 is 3.00. The summed E-state index contributed by atoms with van der Waals surface area (Å²) >= 11 is 3.43. The van der Waals surface area contributed by atoms with Gasteiger partial charge < -0.3 is 9.88 Å². The summed E-state index contributed by atoms with van der Waals surface area (Å²) in [5, 5.41) is 6.13. The van der Waals surface area contributed by atoms with Crippen LogP contribution in [0.4, 0.5) is 5.95 Å². The molecule has 0 spiro atoms. The van der Waals surface area contributed by atoms with Crippen LogP contribution in [0, 0.1) is 5.92 Å². The molecule has 1 aromatic heterocycles. The summed E-state index contributed by atoms with van der Waals surface area (Å²) in [6.45, 7) is 2.34. The Morgan fingerprint density at radius 2 is 2.24 bits per heavy atom. The van der Waals surface area contributed by atoms with Crippen molar-refractivity contribution in [3.8, 4) is 0 Å². The number of carbonyl (C=O) groups excluding carboxylic acids is 1. The summed E-state index contributed by atoms with van der Waals surface area (Å²) in [5.74, 6) is 0.695. The van der Waals surface area contributed by atoms with Crippen LogP contribution in [0.5, 0.6) is 0 Å². The van der Waals surface area contributed by atoms with Crippen molar-refractivity contribution in [2.75, 3.05) is 18.4 Å². The molecule has 2 N–H and O–H groups in total. The maximum absolute atomic E-state index is 12.2. The normalized spacial score (nSPS) is 17.9. The molecule has 2 aromatic rings. The van der Waals surface area contributed by atoms with Crippen LogP contribution in [0.1, 0.15) is 12.0 Å². The van der Waals surface area contributed by atoms with Gasteiger partial charge in [0.15, 0.2) is 0 Å². The van der Waals surface area contributed by atoms with E-state index in [0.717, 1.165) is 29.5 Å². The number of nitrogens with one attached hydrogen (secondary N) is 2. The van der Waals surface area contributed by atoms with E-state index in [2.05, 4.69) is 43.7 Å². The summed E-state index contributed by atoms with van der Waals surface area (Å²) in [6, 6.07) is 8.12. The van der Waals surface area contributed by atoms with E-state index in [-0.39, 0.29) is 11.8 Å². The maximum atomic E-state index is 12.2. The van der Waals surface area contributed by atoms with E-state index in [1.165, 1.54) is 0 Å². The van der Waals surface area contributed by atoms with Crippen LogP contribution in [0.3, 0.4) is 0 Å². The second-order valence-electron chi connectivity index (χ2n) is 5.18. The van der Waals surface area contributed by atoms with Crippen molar-refractivity contribution >= 4 is 27.8 Å². The van der Waals surface area contributed by atoms with Gasteiger partial charge in [0.05, 0.1) is 12.5 Å². The van der Waals surface area contributed by atoms with E-state index in [4.69, 9.17) is 0 Å². The predicted octanol–water partition coefficient (Wildman–Crippen LogP) is 2.24. The van der Waals surface area contributed by atoms with E-state index in [9.17, 15) is 4.79 Å². The van der Waals surface area contributed by atoms with E-state index < -0.39 is 0 Å². The molecule has 1 amide bonds. The van der Waals surface area contributed by atoms with Crippen LogP contribution in [0.15, 0.2) is 41.1 Å². The number of carbonyl (C=O) groups is 1. The quantitative estimate of drug-likeness (QED) is 0.890. The highest BCUT2D eigenvalue weighted by Crippen LogP contribution is 2.15. The van der Waals surface area contributed by atoms with Gasteiger partial charge in [-0.3, -0.25) is 10.1 Å². The SMILES string of the molecule is O=C(Nc1nccn1Cc1ccc(Br)cc1)[C@H]1CCNC1. The lowest BCUT2D eigenvalue weighted by Crippen LogP contribution is -2.26. The Morgan fingerprint density at radius 3 is 2.95 bits per heavy atom. The summed E-state index contributed by atoms with van der Waals surface area (Å²) in [6.07, 6.45) is 4.48. The minimum absolute atomic E-state index is 0.0443. The van der Waals surface area contributed by atoms with Gasteiger partial charge in [0.25, 0.3) is 0 Å². The molecule has 1 fully saturated rings. The minimum atomic E-state index is 0.0443. The molecule has 1 saturated heterocycles. The van der Waals surface area contributed by atoms with E-state index in [1.807, 2.05) is 22.9 Å². The number of rotatable bonds is 4. The number of aromatic nitrogens is 2. The summed E-state index contributed by atoms with van der Waals surface area (Å²) in [5.41, 5.74) is 1.16.